The predicted molar refractivity (Wildman–Crippen MR) is 142 cm³/mol. The number of rotatable bonds is 13. The fraction of sp³-hybridized carbons (Fsp3) is 0.464. The normalized spacial score (nSPS) is 12.9. The van der Waals surface area contributed by atoms with E-state index in [-0.39, 0.29) is 24.3 Å². The number of benzene rings is 1. The molecule has 0 spiro atoms. The third-order valence-electron chi connectivity index (χ3n) is 5.45. The summed E-state index contributed by atoms with van der Waals surface area (Å²) in [5, 5.41) is 2.91. The fourth-order valence-electron chi connectivity index (χ4n) is 3.49. The molecule has 0 saturated heterocycles. The van der Waals surface area contributed by atoms with Crippen molar-refractivity contribution in [2.45, 2.75) is 46.1 Å². The van der Waals surface area contributed by atoms with Crippen LogP contribution in [0.25, 0.3) is 0 Å². The third-order valence-corrected chi connectivity index (χ3v) is 5.45. The van der Waals surface area contributed by atoms with Gasteiger partial charge in [-0.25, -0.2) is 4.79 Å². The van der Waals surface area contributed by atoms with Crippen molar-refractivity contribution in [1.29, 1.82) is 0 Å². The Hall–Kier alpha value is -3.75. The van der Waals surface area contributed by atoms with Crippen LogP contribution in [0.3, 0.4) is 0 Å². The smallest absolute Gasteiger partial charge is 0.493 e. The summed E-state index contributed by atoms with van der Waals surface area (Å²) in [6.45, 7) is 4.87. The quantitative estimate of drug-likeness (QED) is 0.181. The minimum absolute atomic E-state index is 0.00671. The van der Waals surface area contributed by atoms with Crippen LogP contribution < -0.4 is 14.8 Å². The van der Waals surface area contributed by atoms with Gasteiger partial charge in [0.15, 0.2) is 18.2 Å². The van der Waals surface area contributed by atoms with E-state index in [2.05, 4.69) is 31.3 Å². The molecule has 0 saturated carbocycles. The van der Waals surface area contributed by atoms with Crippen LogP contribution in [-0.4, -0.2) is 62.3 Å². The van der Waals surface area contributed by atoms with Crippen LogP contribution in [0.5, 0.6) is 11.5 Å². The number of unbranched alkanes of at least 4 members (excludes halogenated alkanes) is 2. The molecule has 1 N–H and O–H groups in total. The summed E-state index contributed by atoms with van der Waals surface area (Å²) in [4.78, 5) is 39.7. The Balaban J connectivity index is 1.77. The van der Waals surface area contributed by atoms with Gasteiger partial charge in [-0.3, -0.25) is 9.59 Å². The van der Waals surface area contributed by atoms with Crippen LogP contribution in [0, 0.1) is 5.92 Å². The monoisotopic (exact) mass is 513 g/mol. The van der Waals surface area contributed by atoms with E-state index < -0.39 is 6.16 Å². The average molecular weight is 514 g/mol. The van der Waals surface area contributed by atoms with Gasteiger partial charge in [0.2, 0.25) is 5.91 Å². The maximum Gasteiger partial charge on any atom is 0.515 e. The highest BCUT2D eigenvalue weighted by molar-refractivity contribution is 5.94. The van der Waals surface area contributed by atoms with E-state index >= 15 is 0 Å². The lowest BCUT2D eigenvalue weighted by Gasteiger charge is -2.24. The summed E-state index contributed by atoms with van der Waals surface area (Å²) in [6.07, 6.45) is 11.9. The lowest BCUT2D eigenvalue weighted by atomic mass is 10.1. The first kappa shape index (κ1) is 29.5. The molecule has 9 nitrogen and oxygen atoms in total. The molecule has 0 atom stereocenters. The highest BCUT2D eigenvalue weighted by Crippen LogP contribution is 2.28. The molecule has 0 aromatic heterocycles. The fourth-order valence-corrected chi connectivity index (χ4v) is 3.49. The van der Waals surface area contributed by atoms with Crippen molar-refractivity contribution in [2.24, 2.45) is 5.92 Å². The summed E-state index contributed by atoms with van der Waals surface area (Å²) < 4.78 is 15.8. The number of hydrogen-bond donors (Lipinski definition) is 1. The average Bonchev–Trinajstić information content (AvgIpc) is 2.88. The van der Waals surface area contributed by atoms with Crippen molar-refractivity contribution in [3.8, 4) is 11.5 Å². The Bertz CT molecular complexity index is 1010. The third kappa shape index (κ3) is 10.8. The first-order valence-corrected chi connectivity index (χ1v) is 12.5. The highest BCUT2D eigenvalue weighted by Gasteiger charge is 2.18. The minimum Gasteiger partial charge on any atom is -0.493 e. The summed E-state index contributed by atoms with van der Waals surface area (Å²) >= 11 is 0. The summed E-state index contributed by atoms with van der Waals surface area (Å²) in [7, 11) is 4.83. The van der Waals surface area contributed by atoms with Gasteiger partial charge in [0.05, 0.1) is 13.7 Å². The Morgan fingerprint density at radius 2 is 1.95 bits per heavy atom. The van der Waals surface area contributed by atoms with Crippen molar-refractivity contribution >= 4 is 18.0 Å². The first-order chi connectivity index (χ1) is 17.7. The molecule has 1 aromatic carbocycles. The molecule has 1 heterocycles. The van der Waals surface area contributed by atoms with E-state index in [0.29, 0.717) is 36.8 Å². The minimum atomic E-state index is -0.897. The van der Waals surface area contributed by atoms with E-state index in [9.17, 15) is 14.4 Å². The summed E-state index contributed by atoms with van der Waals surface area (Å²) in [5.74, 6) is 0.988. The number of likely N-dealkylation sites (N-methyl/N-ethyl adjacent to an activating group) is 1. The zero-order valence-electron chi connectivity index (χ0n) is 22.5. The van der Waals surface area contributed by atoms with E-state index in [1.165, 1.54) is 12.0 Å². The van der Waals surface area contributed by atoms with E-state index in [4.69, 9.17) is 14.2 Å². The van der Waals surface area contributed by atoms with Gasteiger partial charge < -0.3 is 29.3 Å². The molecular weight excluding hydrogens is 474 g/mol. The molecule has 1 aromatic rings. The Morgan fingerprint density at radius 3 is 2.65 bits per heavy atom. The van der Waals surface area contributed by atoms with E-state index in [0.717, 1.165) is 24.8 Å². The molecule has 2 rings (SSSR count). The van der Waals surface area contributed by atoms with Gasteiger partial charge in [-0.2, -0.15) is 0 Å². The molecule has 0 bridgehead atoms. The van der Waals surface area contributed by atoms with Crippen LogP contribution in [0.1, 0.15) is 45.1 Å². The topological polar surface area (TPSA) is 97.4 Å². The van der Waals surface area contributed by atoms with Gasteiger partial charge in [0, 0.05) is 38.8 Å². The Kier molecular flexibility index (Phi) is 12.3. The number of amides is 2. The zero-order chi connectivity index (χ0) is 27.2. The molecule has 202 valence electrons. The SMILES string of the molecule is COc1cc(CNC(=O)CCCC/C=C/C(C)C)ccc1OC(=O)OCN1C=CC=C(C(=O)N(C)C)C1. The number of carbonyl (C=O) groups is 3. The molecule has 0 aliphatic carbocycles. The van der Waals surface area contributed by atoms with Crippen molar-refractivity contribution < 1.29 is 28.6 Å². The van der Waals surface area contributed by atoms with Crippen molar-refractivity contribution in [3.05, 3.63) is 59.8 Å². The molecular formula is C28H39N3O6. The Labute approximate surface area is 219 Å². The number of methoxy groups -OCH3 is 1. The number of nitrogens with zero attached hydrogens (tertiary/aromatic N) is 2. The number of carbonyl (C=O) groups excluding carboxylic acids is 3. The lowest BCUT2D eigenvalue weighted by Crippen LogP contribution is -2.33. The molecule has 1 aliphatic heterocycles. The van der Waals surface area contributed by atoms with Crippen LogP contribution in [0.4, 0.5) is 4.79 Å². The second kappa shape index (κ2) is 15.4. The molecule has 9 heteroatoms. The summed E-state index contributed by atoms with van der Waals surface area (Å²) in [6, 6.07) is 5.05. The number of allylic oxidation sites excluding steroid dienone is 4. The number of nitrogens with one attached hydrogen (secondary N) is 1. The van der Waals surface area contributed by atoms with Crippen LogP contribution in [-0.2, 0) is 20.9 Å². The largest absolute Gasteiger partial charge is 0.515 e. The van der Waals surface area contributed by atoms with Crippen molar-refractivity contribution in [3.63, 3.8) is 0 Å². The highest BCUT2D eigenvalue weighted by atomic mass is 16.7. The second-order valence-corrected chi connectivity index (χ2v) is 9.29. The summed E-state index contributed by atoms with van der Waals surface area (Å²) in [5.41, 5.74) is 1.40. The second-order valence-electron chi connectivity index (χ2n) is 9.29. The van der Waals surface area contributed by atoms with Crippen LogP contribution >= 0.6 is 0 Å². The first-order valence-electron chi connectivity index (χ1n) is 12.5. The predicted octanol–water partition coefficient (Wildman–Crippen LogP) is 4.40. The van der Waals surface area contributed by atoms with Gasteiger partial charge >= 0.3 is 6.16 Å². The molecule has 2 amide bonds. The van der Waals surface area contributed by atoms with Gasteiger partial charge in [0.25, 0.3) is 5.91 Å². The van der Waals surface area contributed by atoms with Gasteiger partial charge in [-0.05, 0) is 49.0 Å². The zero-order valence-corrected chi connectivity index (χ0v) is 22.5. The number of ether oxygens (including phenoxy) is 3. The maximum absolute atomic E-state index is 12.2. The van der Waals surface area contributed by atoms with Gasteiger partial charge in [0.1, 0.15) is 0 Å². The molecule has 0 unspecified atom stereocenters. The molecule has 0 radical (unpaired) electrons. The molecule has 0 fully saturated rings. The standard InChI is InChI=1S/C28H39N3O6/c1-21(2)11-8-6-7-9-13-26(32)29-18-22-14-15-24(25(17-22)35-5)37-28(34)36-20-31-16-10-12-23(19-31)27(33)30(3)4/h8,10-12,14-17,21H,6-7,9,13,18-20H2,1-5H3,(H,29,32)/b11-8+. The van der Waals surface area contributed by atoms with E-state index in [1.54, 1.807) is 55.5 Å². The number of hydrogen-bond acceptors (Lipinski definition) is 7. The van der Waals surface area contributed by atoms with Crippen molar-refractivity contribution in [1.82, 2.24) is 15.1 Å². The molecule has 1 aliphatic rings. The van der Waals surface area contributed by atoms with Crippen molar-refractivity contribution in [2.75, 3.05) is 34.5 Å². The Morgan fingerprint density at radius 1 is 1.16 bits per heavy atom. The lowest BCUT2D eigenvalue weighted by molar-refractivity contribution is -0.125. The van der Waals surface area contributed by atoms with Crippen LogP contribution in [0.2, 0.25) is 0 Å². The van der Waals surface area contributed by atoms with Gasteiger partial charge in [-0.15, -0.1) is 0 Å². The van der Waals surface area contributed by atoms with E-state index in [1.807, 2.05) is 0 Å². The van der Waals surface area contributed by atoms with Crippen LogP contribution in [0.15, 0.2) is 54.3 Å². The van der Waals surface area contributed by atoms with Gasteiger partial charge in [-0.1, -0.05) is 38.1 Å². The maximum atomic E-state index is 12.2. The molecule has 37 heavy (non-hydrogen) atoms.